The minimum absolute atomic E-state index is 0.0707. The molecular formula is C10H8O2S. The maximum Gasteiger partial charge on any atom is 0.191 e. The molecule has 1 N–H and O–H groups in total. The van der Waals surface area contributed by atoms with Gasteiger partial charge in [0, 0.05) is 16.2 Å². The number of benzene rings is 1. The Labute approximate surface area is 79.1 Å². The Morgan fingerprint density at radius 1 is 1.31 bits per heavy atom. The molecule has 0 fully saturated rings. The zero-order valence-electron chi connectivity index (χ0n) is 7.07. The van der Waals surface area contributed by atoms with E-state index in [-0.39, 0.29) is 10.5 Å². The lowest BCUT2D eigenvalue weighted by Crippen LogP contribution is -1.97. The highest BCUT2D eigenvalue weighted by atomic mass is 32.1. The largest absolute Gasteiger partial charge is 0.499 e. The van der Waals surface area contributed by atoms with Crippen molar-refractivity contribution in [2.45, 2.75) is 6.92 Å². The molecule has 0 bridgehead atoms. The number of hydrogen-bond donors (Lipinski definition) is 1. The molecule has 1 heterocycles. The average Bonchev–Trinajstić information content (AvgIpc) is 2.06. The normalized spacial score (nSPS) is 10.5. The molecule has 1 aromatic heterocycles. The number of hydrogen-bond acceptors (Lipinski definition) is 3. The Bertz CT molecular complexity index is 514. The first-order chi connectivity index (χ1) is 6.16. The molecule has 0 spiro atoms. The van der Waals surface area contributed by atoms with Gasteiger partial charge < -0.3 is 5.11 Å². The molecule has 0 aliphatic rings. The van der Waals surface area contributed by atoms with Crippen molar-refractivity contribution in [1.29, 1.82) is 0 Å². The number of rotatable bonds is 0. The fraction of sp³-hybridized carbons (Fsp3) is 0.100. The van der Waals surface area contributed by atoms with Crippen molar-refractivity contribution >= 4 is 21.4 Å². The van der Waals surface area contributed by atoms with E-state index in [2.05, 4.69) is 0 Å². The zero-order chi connectivity index (χ0) is 9.42. The van der Waals surface area contributed by atoms with E-state index < -0.39 is 0 Å². The third-order valence-electron chi connectivity index (χ3n) is 1.87. The van der Waals surface area contributed by atoms with Crippen LogP contribution in [0.1, 0.15) is 5.56 Å². The molecule has 0 saturated heterocycles. The SMILES string of the molecule is Cc1ccc2sc(O)cc(=O)c2c1. The van der Waals surface area contributed by atoms with Crippen LogP contribution in [0.5, 0.6) is 5.06 Å². The van der Waals surface area contributed by atoms with Crippen LogP contribution >= 0.6 is 11.3 Å². The van der Waals surface area contributed by atoms with Gasteiger partial charge in [0.25, 0.3) is 0 Å². The van der Waals surface area contributed by atoms with E-state index >= 15 is 0 Å². The predicted molar refractivity (Wildman–Crippen MR) is 54.5 cm³/mol. The van der Waals surface area contributed by atoms with Crippen molar-refractivity contribution in [3.8, 4) is 5.06 Å². The lowest BCUT2D eigenvalue weighted by molar-refractivity contribution is 0.490. The van der Waals surface area contributed by atoms with Crippen molar-refractivity contribution in [2.75, 3.05) is 0 Å². The summed E-state index contributed by atoms with van der Waals surface area (Å²) in [6.45, 7) is 1.94. The fourth-order valence-electron chi connectivity index (χ4n) is 1.26. The Morgan fingerprint density at radius 3 is 2.85 bits per heavy atom. The van der Waals surface area contributed by atoms with E-state index in [1.807, 2.05) is 25.1 Å². The minimum Gasteiger partial charge on any atom is -0.499 e. The molecule has 13 heavy (non-hydrogen) atoms. The van der Waals surface area contributed by atoms with Crippen molar-refractivity contribution in [1.82, 2.24) is 0 Å². The van der Waals surface area contributed by atoms with Gasteiger partial charge in [0.05, 0.1) is 0 Å². The number of aryl methyl sites for hydroxylation is 1. The van der Waals surface area contributed by atoms with Crippen LogP contribution in [-0.4, -0.2) is 5.11 Å². The minimum atomic E-state index is -0.116. The molecule has 3 heteroatoms. The summed E-state index contributed by atoms with van der Waals surface area (Å²) < 4.78 is 0.829. The standard InChI is InChI=1S/C10H8O2S/c1-6-2-3-9-7(4-6)8(11)5-10(12)13-9/h2-5,12H,1H3. The van der Waals surface area contributed by atoms with Crippen molar-refractivity contribution in [3.63, 3.8) is 0 Å². The molecule has 0 amide bonds. The molecule has 2 aromatic rings. The van der Waals surface area contributed by atoms with Crippen LogP contribution in [-0.2, 0) is 0 Å². The average molecular weight is 192 g/mol. The lowest BCUT2D eigenvalue weighted by atomic mass is 10.2. The van der Waals surface area contributed by atoms with Gasteiger partial charge in [-0.1, -0.05) is 23.0 Å². The van der Waals surface area contributed by atoms with Crippen LogP contribution in [0.4, 0.5) is 0 Å². The summed E-state index contributed by atoms with van der Waals surface area (Å²) in [6, 6.07) is 6.88. The van der Waals surface area contributed by atoms with Gasteiger partial charge in [-0.3, -0.25) is 4.79 Å². The smallest absolute Gasteiger partial charge is 0.191 e. The van der Waals surface area contributed by atoms with Gasteiger partial charge in [-0.15, -0.1) is 0 Å². The second kappa shape index (κ2) is 2.85. The van der Waals surface area contributed by atoms with Gasteiger partial charge in [0.2, 0.25) is 0 Å². The number of fused-ring (bicyclic) bond motifs is 1. The van der Waals surface area contributed by atoms with Crippen molar-refractivity contribution in [3.05, 3.63) is 40.1 Å². The molecule has 2 nitrogen and oxygen atoms in total. The van der Waals surface area contributed by atoms with Gasteiger partial charge in [-0.2, -0.15) is 0 Å². The zero-order valence-corrected chi connectivity index (χ0v) is 7.89. The van der Waals surface area contributed by atoms with Crippen LogP contribution in [0.25, 0.3) is 10.1 Å². The Balaban J connectivity index is 2.95. The summed E-state index contributed by atoms with van der Waals surface area (Å²) in [4.78, 5) is 11.4. The highest BCUT2D eigenvalue weighted by molar-refractivity contribution is 7.19. The summed E-state index contributed by atoms with van der Waals surface area (Å²) in [5.74, 6) is 0. The Kier molecular flexibility index (Phi) is 1.81. The van der Waals surface area contributed by atoms with Crippen LogP contribution in [0.2, 0.25) is 0 Å². The first-order valence-corrected chi connectivity index (χ1v) is 4.72. The molecule has 0 aliphatic carbocycles. The summed E-state index contributed by atoms with van der Waals surface area (Å²) >= 11 is 1.22. The summed E-state index contributed by atoms with van der Waals surface area (Å²) in [6.07, 6.45) is 0. The van der Waals surface area contributed by atoms with Crippen LogP contribution in [0.15, 0.2) is 29.1 Å². The molecule has 2 rings (SSSR count). The molecular weight excluding hydrogens is 184 g/mol. The van der Waals surface area contributed by atoms with E-state index in [4.69, 9.17) is 0 Å². The highest BCUT2D eigenvalue weighted by Gasteiger charge is 2.01. The quantitative estimate of drug-likeness (QED) is 0.695. The fourth-order valence-corrected chi connectivity index (χ4v) is 2.05. The monoisotopic (exact) mass is 192 g/mol. The Morgan fingerprint density at radius 2 is 2.08 bits per heavy atom. The molecule has 0 unspecified atom stereocenters. The third kappa shape index (κ3) is 1.42. The van der Waals surface area contributed by atoms with E-state index in [0.717, 1.165) is 10.3 Å². The maximum absolute atomic E-state index is 11.4. The molecule has 0 radical (unpaired) electrons. The van der Waals surface area contributed by atoms with Crippen molar-refractivity contribution < 1.29 is 5.11 Å². The van der Waals surface area contributed by atoms with E-state index in [9.17, 15) is 9.90 Å². The van der Waals surface area contributed by atoms with Gasteiger partial charge in [0.15, 0.2) is 10.5 Å². The molecule has 0 aliphatic heterocycles. The van der Waals surface area contributed by atoms with E-state index in [0.29, 0.717) is 5.39 Å². The van der Waals surface area contributed by atoms with Crippen molar-refractivity contribution in [2.24, 2.45) is 0 Å². The summed E-state index contributed by atoms with van der Waals surface area (Å²) in [5, 5.41) is 9.95. The summed E-state index contributed by atoms with van der Waals surface area (Å²) in [7, 11) is 0. The van der Waals surface area contributed by atoms with Gasteiger partial charge in [-0.05, 0) is 19.1 Å². The van der Waals surface area contributed by atoms with E-state index in [1.54, 1.807) is 0 Å². The molecule has 0 saturated carbocycles. The molecule has 0 atom stereocenters. The second-order valence-corrected chi connectivity index (χ2v) is 4.01. The predicted octanol–water partition coefficient (Wildman–Crippen LogP) is 2.28. The van der Waals surface area contributed by atoms with Gasteiger partial charge in [0.1, 0.15) is 0 Å². The highest BCUT2D eigenvalue weighted by Crippen LogP contribution is 2.23. The first-order valence-electron chi connectivity index (χ1n) is 3.90. The Hall–Kier alpha value is -1.35. The first kappa shape index (κ1) is 8.26. The van der Waals surface area contributed by atoms with Crippen LogP contribution in [0.3, 0.4) is 0 Å². The summed E-state index contributed by atoms with van der Waals surface area (Å²) in [5.41, 5.74) is 0.942. The topological polar surface area (TPSA) is 37.3 Å². The molecule has 1 aromatic carbocycles. The number of aromatic hydroxyl groups is 1. The third-order valence-corrected chi connectivity index (χ3v) is 2.77. The van der Waals surface area contributed by atoms with Crippen LogP contribution in [0, 0.1) is 6.92 Å². The maximum atomic E-state index is 11.4. The van der Waals surface area contributed by atoms with Crippen LogP contribution < -0.4 is 5.43 Å². The van der Waals surface area contributed by atoms with E-state index in [1.165, 1.54) is 17.4 Å². The second-order valence-electron chi connectivity index (χ2n) is 2.95. The van der Waals surface area contributed by atoms with Gasteiger partial charge >= 0.3 is 0 Å². The lowest BCUT2D eigenvalue weighted by Gasteiger charge is -1.97. The molecule has 66 valence electrons. The van der Waals surface area contributed by atoms with Gasteiger partial charge in [-0.25, -0.2) is 0 Å².